The summed E-state index contributed by atoms with van der Waals surface area (Å²) in [7, 11) is 0. The van der Waals surface area contributed by atoms with Gasteiger partial charge in [-0.05, 0) is 83.9 Å². The van der Waals surface area contributed by atoms with Crippen LogP contribution in [0.3, 0.4) is 0 Å². The Morgan fingerprint density at radius 3 is 2.44 bits per heavy atom. The SMILES string of the molecule is CCOc1cc(/C=N\NC(=O)c2ccc(-c3csc(Nc4ccc(C)cc4)n3)cc2)c(Br)cc1OCc1ccc(Cl)cc1. The predicted octanol–water partition coefficient (Wildman–Crippen LogP) is 9.02. The zero-order valence-electron chi connectivity index (χ0n) is 23.4. The van der Waals surface area contributed by atoms with E-state index in [4.69, 9.17) is 21.1 Å². The number of nitrogens with one attached hydrogen (secondary N) is 2. The Hall–Kier alpha value is -4.18. The molecular weight excluding hydrogens is 648 g/mol. The number of carbonyl (C=O) groups is 1. The summed E-state index contributed by atoms with van der Waals surface area (Å²) >= 11 is 11.1. The summed E-state index contributed by atoms with van der Waals surface area (Å²) in [5.74, 6) is 0.831. The van der Waals surface area contributed by atoms with Crippen LogP contribution in [-0.4, -0.2) is 23.7 Å². The zero-order chi connectivity index (χ0) is 30.2. The first kappa shape index (κ1) is 30.3. The van der Waals surface area contributed by atoms with Crippen LogP contribution in [0.1, 0.15) is 34.0 Å². The van der Waals surface area contributed by atoms with E-state index < -0.39 is 0 Å². The van der Waals surface area contributed by atoms with Crippen molar-refractivity contribution in [3.63, 3.8) is 0 Å². The second kappa shape index (κ2) is 14.3. The van der Waals surface area contributed by atoms with E-state index in [9.17, 15) is 4.79 Å². The minimum absolute atomic E-state index is 0.327. The van der Waals surface area contributed by atoms with Crippen LogP contribution in [0.15, 0.2) is 99.9 Å². The molecule has 0 fully saturated rings. The average molecular weight is 676 g/mol. The lowest BCUT2D eigenvalue weighted by Crippen LogP contribution is -2.17. The van der Waals surface area contributed by atoms with Gasteiger partial charge >= 0.3 is 0 Å². The number of aromatic nitrogens is 1. The lowest BCUT2D eigenvalue weighted by molar-refractivity contribution is 0.0955. The topological polar surface area (TPSA) is 84.8 Å². The number of thiazole rings is 1. The Bertz CT molecular complexity index is 1720. The summed E-state index contributed by atoms with van der Waals surface area (Å²) in [6, 6.07) is 26.5. The van der Waals surface area contributed by atoms with Crippen molar-refractivity contribution < 1.29 is 14.3 Å². The van der Waals surface area contributed by atoms with E-state index >= 15 is 0 Å². The molecule has 0 saturated carbocycles. The van der Waals surface area contributed by atoms with Gasteiger partial charge in [-0.3, -0.25) is 4.79 Å². The minimum Gasteiger partial charge on any atom is -0.490 e. The van der Waals surface area contributed by atoms with E-state index in [-0.39, 0.29) is 5.91 Å². The molecule has 5 aromatic rings. The van der Waals surface area contributed by atoms with Crippen LogP contribution in [0.25, 0.3) is 11.3 Å². The predicted molar refractivity (Wildman–Crippen MR) is 178 cm³/mol. The molecule has 0 atom stereocenters. The molecule has 2 N–H and O–H groups in total. The number of nitrogens with zero attached hydrogens (tertiary/aromatic N) is 2. The van der Waals surface area contributed by atoms with Crippen molar-refractivity contribution in [1.29, 1.82) is 0 Å². The maximum Gasteiger partial charge on any atom is 0.271 e. The fourth-order valence-corrected chi connectivity index (χ4v) is 5.30. The van der Waals surface area contributed by atoms with Gasteiger partial charge in [-0.25, -0.2) is 10.4 Å². The number of anilines is 2. The Labute approximate surface area is 267 Å². The second-order valence-corrected chi connectivity index (χ2v) is 11.6. The summed E-state index contributed by atoms with van der Waals surface area (Å²) in [6.45, 7) is 4.78. The molecule has 0 spiro atoms. The summed E-state index contributed by atoms with van der Waals surface area (Å²) in [5.41, 5.74) is 8.71. The van der Waals surface area contributed by atoms with Crippen molar-refractivity contribution in [2.45, 2.75) is 20.5 Å². The third-order valence-corrected chi connectivity index (χ3v) is 7.99. The van der Waals surface area contributed by atoms with Gasteiger partial charge in [-0.15, -0.1) is 11.3 Å². The van der Waals surface area contributed by atoms with Crippen LogP contribution >= 0.6 is 38.9 Å². The lowest BCUT2D eigenvalue weighted by atomic mass is 10.1. The van der Waals surface area contributed by atoms with E-state index in [1.165, 1.54) is 16.9 Å². The van der Waals surface area contributed by atoms with Crippen LogP contribution in [0, 0.1) is 6.92 Å². The highest BCUT2D eigenvalue weighted by molar-refractivity contribution is 9.10. The Morgan fingerprint density at radius 1 is 1.00 bits per heavy atom. The lowest BCUT2D eigenvalue weighted by Gasteiger charge is -2.14. The van der Waals surface area contributed by atoms with Crippen molar-refractivity contribution >= 4 is 61.8 Å². The molecule has 1 heterocycles. The first-order valence-corrected chi connectivity index (χ1v) is 15.5. The molecule has 1 amide bonds. The number of rotatable bonds is 11. The third kappa shape index (κ3) is 8.22. The van der Waals surface area contributed by atoms with Gasteiger partial charge in [0, 0.05) is 37.3 Å². The number of benzene rings is 4. The van der Waals surface area contributed by atoms with Crippen LogP contribution in [0.5, 0.6) is 11.5 Å². The molecule has 218 valence electrons. The summed E-state index contributed by atoms with van der Waals surface area (Å²) in [5, 5.41) is 10.9. The number of hydrogen-bond donors (Lipinski definition) is 2. The molecule has 0 aliphatic rings. The minimum atomic E-state index is -0.327. The number of hydrogen-bond acceptors (Lipinski definition) is 7. The normalized spacial score (nSPS) is 11.0. The number of aryl methyl sites for hydroxylation is 1. The zero-order valence-corrected chi connectivity index (χ0v) is 26.6. The maximum absolute atomic E-state index is 12.8. The third-order valence-electron chi connectivity index (χ3n) is 6.29. The number of halogens is 2. The molecule has 0 unspecified atom stereocenters. The summed E-state index contributed by atoms with van der Waals surface area (Å²) < 4.78 is 12.5. The van der Waals surface area contributed by atoms with Crippen LogP contribution in [0.2, 0.25) is 5.02 Å². The highest BCUT2D eigenvalue weighted by atomic mass is 79.9. The molecule has 4 aromatic carbocycles. The molecular formula is C33H28BrClN4O3S. The fraction of sp³-hybridized carbons (Fsp3) is 0.121. The first-order valence-electron chi connectivity index (χ1n) is 13.4. The Morgan fingerprint density at radius 2 is 1.72 bits per heavy atom. The van der Waals surface area contributed by atoms with Crippen molar-refractivity contribution in [2.75, 3.05) is 11.9 Å². The second-order valence-electron chi connectivity index (χ2n) is 9.47. The highest BCUT2D eigenvalue weighted by Gasteiger charge is 2.12. The van der Waals surface area contributed by atoms with Crippen molar-refractivity contribution in [2.24, 2.45) is 5.10 Å². The average Bonchev–Trinajstić information content (AvgIpc) is 3.48. The number of carbonyl (C=O) groups excluding carboxylic acids is 1. The van der Waals surface area contributed by atoms with E-state index in [2.05, 4.69) is 55.8 Å². The molecule has 0 aliphatic carbocycles. The standard InChI is InChI=1S/C33H28BrClN4O3S/c1-3-41-30-16-25(28(34)17-31(30)42-19-22-6-12-26(35)13-7-22)18-36-39-32(40)24-10-8-23(9-11-24)29-20-43-33(38-29)37-27-14-4-21(2)5-15-27/h4-18,20H,3,19H2,1-2H3,(H,37,38)(H,39,40)/b36-18-. The van der Waals surface area contributed by atoms with Gasteiger partial charge in [0.05, 0.1) is 18.5 Å². The van der Waals surface area contributed by atoms with Crippen molar-refractivity contribution in [3.05, 3.63) is 122 Å². The molecule has 10 heteroatoms. The molecule has 5 rings (SSSR count). The molecule has 1 aromatic heterocycles. The molecule has 0 aliphatic heterocycles. The first-order chi connectivity index (χ1) is 20.9. The van der Waals surface area contributed by atoms with Gasteiger partial charge in [-0.1, -0.05) is 53.6 Å². The van der Waals surface area contributed by atoms with Gasteiger partial charge in [0.25, 0.3) is 5.91 Å². The maximum atomic E-state index is 12.8. The van der Waals surface area contributed by atoms with E-state index in [1.54, 1.807) is 18.3 Å². The number of hydrazone groups is 1. The molecule has 7 nitrogen and oxygen atoms in total. The van der Waals surface area contributed by atoms with Crippen molar-refractivity contribution in [1.82, 2.24) is 10.4 Å². The summed E-state index contributed by atoms with van der Waals surface area (Å²) in [4.78, 5) is 17.4. The van der Waals surface area contributed by atoms with Gasteiger partial charge in [-0.2, -0.15) is 5.10 Å². The summed E-state index contributed by atoms with van der Waals surface area (Å²) in [6.07, 6.45) is 1.56. The van der Waals surface area contributed by atoms with E-state index in [0.717, 1.165) is 37.7 Å². The molecule has 0 bridgehead atoms. The van der Waals surface area contributed by atoms with Gasteiger partial charge < -0.3 is 14.8 Å². The number of ether oxygens (including phenoxy) is 2. The monoisotopic (exact) mass is 674 g/mol. The van der Waals surface area contributed by atoms with Crippen LogP contribution in [0.4, 0.5) is 10.8 Å². The Kier molecular flexibility index (Phi) is 10.1. The molecule has 43 heavy (non-hydrogen) atoms. The Balaban J connectivity index is 1.19. The van der Waals surface area contributed by atoms with E-state index in [0.29, 0.717) is 35.3 Å². The van der Waals surface area contributed by atoms with Gasteiger partial charge in [0.2, 0.25) is 0 Å². The molecule has 0 radical (unpaired) electrons. The smallest absolute Gasteiger partial charge is 0.271 e. The van der Waals surface area contributed by atoms with Gasteiger partial charge in [0.1, 0.15) is 6.61 Å². The fourth-order valence-electron chi connectivity index (χ4n) is 4.01. The van der Waals surface area contributed by atoms with E-state index in [1.807, 2.05) is 73.0 Å². The largest absolute Gasteiger partial charge is 0.490 e. The van der Waals surface area contributed by atoms with Crippen LogP contribution in [-0.2, 0) is 6.61 Å². The van der Waals surface area contributed by atoms with Crippen molar-refractivity contribution in [3.8, 4) is 22.8 Å². The van der Waals surface area contributed by atoms with Crippen LogP contribution < -0.4 is 20.2 Å². The molecule has 0 saturated heterocycles. The number of amides is 1. The quantitative estimate of drug-likeness (QED) is 0.108. The van der Waals surface area contributed by atoms with Gasteiger partial charge in [0.15, 0.2) is 16.6 Å². The highest BCUT2D eigenvalue weighted by Crippen LogP contribution is 2.34.